The third-order valence-corrected chi connectivity index (χ3v) is 5.12. The van der Waals surface area contributed by atoms with Gasteiger partial charge in [0.2, 0.25) is 0 Å². The molecule has 1 aliphatic heterocycles. The van der Waals surface area contributed by atoms with Crippen molar-refractivity contribution in [2.45, 2.75) is 4.90 Å². The molecule has 2 aromatic rings. The molecule has 3 rings (SSSR count). The molecular weight excluding hydrogens is 330 g/mol. The molecule has 0 fully saturated rings. The number of carbonyl (C=O) groups excluding carboxylic acids is 1. The Balaban J connectivity index is 1.89. The van der Waals surface area contributed by atoms with Crippen LogP contribution in [-0.4, -0.2) is 35.1 Å². The zero-order valence-corrected chi connectivity index (χ0v) is 13.9. The fourth-order valence-corrected chi connectivity index (χ4v) is 3.67. The van der Waals surface area contributed by atoms with E-state index in [2.05, 4.69) is 15.4 Å². The van der Waals surface area contributed by atoms with Gasteiger partial charge in [-0.3, -0.25) is 13.9 Å². The number of anilines is 1. The Morgan fingerprint density at radius 3 is 2.75 bits per heavy atom. The molecule has 0 spiro atoms. The lowest BCUT2D eigenvalue weighted by Crippen LogP contribution is -2.22. The second-order valence-electron chi connectivity index (χ2n) is 5.24. The van der Waals surface area contributed by atoms with Crippen molar-refractivity contribution in [2.75, 3.05) is 25.5 Å². The molecule has 0 bridgehead atoms. The fraction of sp³-hybridized carbons (Fsp3) is 0.188. The molecule has 24 heavy (non-hydrogen) atoms. The third-order valence-electron chi connectivity index (χ3n) is 3.56. The summed E-state index contributed by atoms with van der Waals surface area (Å²) >= 11 is 0. The zero-order chi connectivity index (χ0) is 17.2. The quantitative estimate of drug-likeness (QED) is 0.584. The third kappa shape index (κ3) is 3.46. The maximum Gasteiger partial charge on any atom is 0.251 e. The van der Waals surface area contributed by atoms with E-state index >= 15 is 0 Å². The number of hydrogen-bond acceptors (Lipinski definition) is 6. The molecule has 0 radical (unpaired) electrons. The fourth-order valence-electron chi connectivity index (χ4n) is 2.40. The largest absolute Gasteiger partial charge is 0.457 e. The lowest BCUT2D eigenvalue weighted by atomic mass is 10.2. The van der Waals surface area contributed by atoms with E-state index in [0.29, 0.717) is 40.7 Å². The number of nitrogens with one attached hydrogen (secondary N) is 3. The molecule has 1 amide bonds. The highest BCUT2D eigenvalue weighted by Gasteiger charge is 2.22. The van der Waals surface area contributed by atoms with E-state index in [1.807, 2.05) is 0 Å². The van der Waals surface area contributed by atoms with Gasteiger partial charge in [0.15, 0.2) is 0 Å². The van der Waals surface area contributed by atoms with Crippen LogP contribution >= 0.6 is 10.8 Å². The van der Waals surface area contributed by atoms with Gasteiger partial charge in [0.1, 0.15) is 16.4 Å². The number of benzene rings is 2. The lowest BCUT2D eigenvalue weighted by molar-refractivity contribution is 0.0962. The van der Waals surface area contributed by atoms with Gasteiger partial charge in [-0.2, -0.15) is 0 Å². The smallest absolute Gasteiger partial charge is 0.251 e. The summed E-state index contributed by atoms with van der Waals surface area (Å²) in [5, 5.41) is 5.69. The summed E-state index contributed by atoms with van der Waals surface area (Å²) in [6.45, 7) is 1.04. The van der Waals surface area contributed by atoms with E-state index in [1.54, 1.807) is 49.5 Å². The Morgan fingerprint density at radius 2 is 1.96 bits per heavy atom. The predicted octanol–water partition coefficient (Wildman–Crippen LogP) is 2.88. The molecule has 1 aliphatic rings. The number of hydrogen-bond donors (Lipinski definition) is 5. The van der Waals surface area contributed by atoms with Crippen LogP contribution in [0.25, 0.3) is 0 Å². The van der Waals surface area contributed by atoms with Crippen LogP contribution in [-0.2, 0) is 0 Å². The summed E-state index contributed by atoms with van der Waals surface area (Å²) in [6, 6.07) is 11.8. The molecule has 0 saturated carbocycles. The summed E-state index contributed by atoms with van der Waals surface area (Å²) < 4.78 is 28.9. The van der Waals surface area contributed by atoms with Gasteiger partial charge in [-0.15, -0.1) is 10.8 Å². The first-order valence-electron chi connectivity index (χ1n) is 7.40. The van der Waals surface area contributed by atoms with Gasteiger partial charge >= 0.3 is 0 Å². The maximum absolute atomic E-state index is 11.7. The van der Waals surface area contributed by atoms with Crippen LogP contribution in [0.3, 0.4) is 0 Å². The van der Waals surface area contributed by atoms with Crippen LogP contribution in [0.5, 0.6) is 11.5 Å². The molecule has 0 aromatic heterocycles. The molecule has 2 aromatic carbocycles. The maximum atomic E-state index is 11.7. The van der Waals surface area contributed by atoms with Gasteiger partial charge in [0.25, 0.3) is 5.91 Å². The van der Waals surface area contributed by atoms with E-state index in [9.17, 15) is 13.9 Å². The SMILES string of the molecule is CNC(=O)c1cccc(Oc2ccc3c(c2)S(O)(O)NCCN3)c1. The predicted molar refractivity (Wildman–Crippen MR) is 94.0 cm³/mol. The molecule has 5 N–H and O–H groups in total. The second kappa shape index (κ2) is 6.70. The van der Waals surface area contributed by atoms with Crippen molar-refractivity contribution < 1.29 is 18.6 Å². The molecule has 1 heterocycles. The van der Waals surface area contributed by atoms with Gasteiger partial charge in [0, 0.05) is 31.8 Å². The normalized spacial score (nSPS) is 17.0. The van der Waals surface area contributed by atoms with E-state index in [-0.39, 0.29) is 5.91 Å². The number of ether oxygens (including phenoxy) is 1. The first-order valence-corrected chi connectivity index (χ1v) is 8.95. The van der Waals surface area contributed by atoms with Crippen molar-refractivity contribution in [1.29, 1.82) is 0 Å². The minimum atomic E-state index is -3.08. The molecular formula is C16H19N3O4S. The second-order valence-corrected chi connectivity index (χ2v) is 7.06. The monoisotopic (exact) mass is 349 g/mol. The van der Waals surface area contributed by atoms with Gasteiger partial charge in [-0.1, -0.05) is 6.07 Å². The summed E-state index contributed by atoms with van der Waals surface area (Å²) in [4.78, 5) is 12.0. The van der Waals surface area contributed by atoms with Crippen LogP contribution < -0.4 is 20.1 Å². The van der Waals surface area contributed by atoms with Gasteiger partial charge in [0.05, 0.1) is 5.69 Å². The van der Waals surface area contributed by atoms with E-state index in [0.717, 1.165) is 0 Å². The average Bonchev–Trinajstić information content (AvgIpc) is 2.73. The van der Waals surface area contributed by atoms with Crippen molar-refractivity contribution >= 4 is 22.4 Å². The lowest BCUT2D eigenvalue weighted by Gasteiger charge is -2.32. The van der Waals surface area contributed by atoms with Crippen LogP contribution in [0.1, 0.15) is 10.4 Å². The Kier molecular flexibility index (Phi) is 4.63. The van der Waals surface area contributed by atoms with Crippen LogP contribution in [0.2, 0.25) is 0 Å². The van der Waals surface area contributed by atoms with Crippen molar-refractivity contribution in [3.8, 4) is 11.5 Å². The summed E-state index contributed by atoms with van der Waals surface area (Å²) in [5.41, 5.74) is 1.14. The first-order chi connectivity index (χ1) is 11.5. The Morgan fingerprint density at radius 1 is 1.17 bits per heavy atom. The zero-order valence-electron chi connectivity index (χ0n) is 13.1. The van der Waals surface area contributed by atoms with E-state index < -0.39 is 10.8 Å². The van der Waals surface area contributed by atoms with E-state index in [1.165, 1.54) is 0 Å². The molecule has 0 saturated heterocycles. The number of amides is 1. The first kappa shape index (κ1) is 16.6. The number of fused-ring (bicyclic) bond motifs is 1. The minimum Gasteiger partial charge on any atom is -0.457 e. The summed E-state index contributed by atoms with van der Waals surface area (Å²) in [5.74, 6) is 0.736. The molecule has 0 atom stereocenters. The standard InChI is InChI=1S/C16H19N3O4S/c1-17-16(20)11-3-2-4-12(9-11)23-13-5-6-14-15(10-13)24(21,22)19-8-7-18-14/h2-6,9-10,18-19,21-22H,7-8H2,1H3,(H,17,20). The van der Waals surface area contributed by atoms with Gasteiger partial charge < -0.3 is 15.4 Å². The molecule has 0 aliphatic carbocycles. The Bertz CT molecular complexity index is 767. The minimum absolute atomic E-state index is 0.204. The highest BCUT2D eigenvalue weighted by Crippen LogP contribution is 2.50. The molecule has 128 valence electrons. The Labute approximate surface area is 141 Å². The van der Waals surface area contributed by atoms with Crippen LogP contribution in [0.4, 0.5) is 5.69 Å². The van der Waals surface area contributed by atoms with E-state index in [4.69, 9.17) is 4.74 Å². The van der Waals surface area contributed by atoms with Crippen molar-refractivity contribution in [1.82, 2.24) is 10.0 Å². The average molecular weight is 349 g/mol. The summed E-state index contributed by atoms with van der Waals surface area (Å²) in [7, 11) is -1.51. The van der Waals surface area contributed by atoms with Gasteiger partial charge in [-0.05, 0) is 30.3 Å². The Hall–Kier alpha value is -2.26. The van der Waals surface area contributed by atoms with Crippen LogP contribution in [0, 0.1) is 0 Å². The molecule has 8 heteroatoms. The highest BCUT2D eigenvalue weighted by atomic mass is 32.3. The molecule has 0 unspecified atom stereocenters. The topological polar surface area (TPSA) is 103 Å². The summed E-state index contributed by atoms with van der Waals surface area (Å²) in [6.07, 6.45) is 0. The number of carbonyl (C=O) groups is 1. The van der Waals surface area contributed by atoms with Crippen molar-refractivity contribution in [2.24, 2.45) is 0 Å². The number of rotatable bonds is 3. The van der Waals surface area contributed by atoms with Crippen molar-refractivity contribution in [3.05, 3.63) is 48.0 Å². The van der Waals surface area contributed by atoms with Crippen molar-refractivity contribution in [3.63, 3.8) is 0 Å². The highest BCUT2D eigenvalue weighted by molar-refractivity contribution is 8.22. The van der Waals surface area contributed by atoms with Gasteiger partial charge in [-0.25, -0.2) is 4.72 Å². The van der Waals surface area contributed by atoms with Crippen LogP contribution in [0.15, 0.2) is 47.4 Å². The molecule has 7 nitrogen and oxygen atoms in total.